The fraction of sp³-hybridized carbons (Fsp3) is 0.409. The SMILES string of the molecule is CC(C)(C)c1ccc(CN(C(=O)/C=C/c2ccco2)[C@H]2CCS(=O)(=O)C2)cc1. The molecule has 1 amide bonds. The summed E-state index contributed by atoms with van der Waals surface area (Å²) in [5.74, 6) is 0.528. The van der Waals surface area contributed by atoms with E-state index in [1.165, 1.54) is 11.6 Å². The molecule has 6 heteroatoms. The first-order chi connectivity index (χ1) is 13.1. The van der Waals surface area contributed by atoms with Crippen LogP contribution in [-0.4, -0.2) is 36.8 Å². The van der Waals surface area contributed by atoms with Crippen LogP contribution in [-0.2, 0) is 26.6 Å². The number of nitrogens with zero attached hydrogens (tertiary/aromatic N) is 1. The van der Waals surface area contributed by atoms with Crippen LogP contribution < -0.4 is 0 Å². The van der Waals surface area contributed by atoms with Crippen LogP contribution in [0.1, 0.15) is 44.1 Å². The van der Waals surface area contributed by atoms with Gasteiger partial charge in [-0.3, -0.25) is 4.79 Å². The second kappa shape index (κ2) is 7.95. The summed E-state index contributed by atoms with van der Waals surface area (Å²) in [5.41, 5.74) is 2.26. The van der Waals surface area contributed by atoms with Crippen molar-refractivity contribution in [2.75, 3.05) is 11.5 Å². The van der Waals surface area contributed by atoms with Crippen LogP contribution in [0.3, 0.4) is 0 Å². The van der Waals surface area contributed by atoms with E-state index in [-0.39, 0.29) is 28.9 Å². The van der Waals surface area contributed by atoms with Crippen molar-refractivity contribution < 1.29 is 17.6 Å². The van der Waals surface area contributed by atoms with E-state index in [4.69, 9.17) is 4.42 Å². The van der Waals surface area contributed by atoms with E-state index >= 15 is 0 Å². The first kappa shape index (κ1) is 20.4. The van der Waals surface area contributed by atoms with Gasteiger partial charge >= 0.3 is 0 Å². The summed E-state index contributed by atoms with van der Waals surface area (Å²) in [6.45, 7) is 6.84. The molecule has 2 aromatic rings. The molecule has 1 aliphatic heterocycles. The maximum atomic E-state index is 12.9. The minimum absolute atomic E-state index is 0.0212. The van der Waals surface area contributed by atoms with Gasteiger partial charge in [0.15, 0.2) is 9.84 Å². The Morgan fingerprint density at radius 2 is 1.93 bits per heavy atom. The van der Waals surface area contributed by atoms with Crippen LogP contribution in [0, 0.1) is 0 Å². The third kappa shape index (κ3) is 5.13. The van der Waals surface area contributed by atoms with Gasteiger partial charge in [-0.2, -0.15) is 0 Å². The highest BCUT2D eigenvalue weighted by Gasteiger charge is 2.34. The molecule has 0 unspecified atom stereocenters. The van der Waals surface area contributed by atoms with E-state index in [0.717, 1.165) is 5.56 Å². The predicted molar refractivity (Wildman–Crippen MR) is 110 cm³/mol. The number of amides is 1. The smallest absolute Gasteiger partial charge is 0.247 e. The Morgan fingerprint density at radius 1 is 1.21 bits per heavy atom. The molecular formula is C22H27NO4S. The Kier molecular flexibility index (Phi) is 5.79. The molecule has 0 N–H and O–H groups in total. The van der Waals surface area contributed by atoms with E-state index < -0.39 is 9.84 Å². The molecule has 0 aliphatic carbocycles. The van der Waals surface area contributed by atoms with Gasteiger partial charge in [-0.15, -0.1) is 0 Å². The average Bonchev–Trinajstić information content (AvgIpc) is 3.26. The number of hydrogen-bond acceptors (Lipinski definition) is 4. The van der Waals surface area contributed by atoms with Gasteiger partial charge in [0.2, 0.25) is 5.91 Å². The van der Waals surface area contributed by atoms with Crippen molar-refractivity contribution in [1.29, 1.82) is 0 Å². The van der Waals surface area contributed by atoms with Crippen LogP contribution in [0.4, 0.5) is 0 Å². The number of carbonyl (C=O) groups is 1. The second-order valence-corrected chi connectivity index (χ2v) is 10.5. The third-order valence-electron chi connectivity index (χ3n) is 5.04. The van der Waals surface area contributed by atoms with E-state index in [9.17, 15) is 13.2 Å². The van der Waals surface area contributed by atoms with Crippen LogP contribution in [0.5, 0.6) is 0 Å². The molecule has 150 valence electrons. The standard InChI is InChI=1S/C22H27NO4S/c1-22(2,3)18-8-6-17(7-9-18)15-23(19-12-14-28(25,26)16-19)21(24)11-10-20-5-4-13-27-20/h4-11,13,19H,12,14-16H2,1-3H3/b11-10+/t19-/m0/s1. The van der Waals surface area contributed by atoms with E-state index in [1.807, 2.05) is 12.1 Å². The minimum Gasteiger partial charge on any atom is -0.465 e. The molecule has 1 fully saturated rings. The summed E-state index contributed by atoms with van der Waals surface area (Å²) < 4.78 is 29.1. The largest absolute Gasteiger partial charge is 0.465 e. The summed E-state index contributed by atoms with van der Waals surface area (Å²) in [6, 6.07) is 11.4. The fourth-order valence-electron chi connectivity index (χ4n) is 3.35. The quantitative estimate of drug-likeness (QED) is 0.715. The van der Waals surface area contributed by atoms with Crippen LogP contribution >= 0.6 is 0 Å². The van der Waals surface area contributed by atoms with Crippen LogP contribution in [0.25, 0.3) is 6.08 Å². The highest BCUT2D eigenvalue weighted by molar-refractivity contribution is 7.91. The zero-order chi connectivity index (χ0) is 20.4. The Labute approximate surface area is 167 Å². The Balaban J connectivity index is 1.81. The van der Waals surface area contributed by atoms with Gasteiger partial charge in [0.1, 0.15) is 5.76 Å². The summed E-state index contributed by atoms with van der Waals surface area (Å²) in [6.07, 6.45) is 5.08. The highest BCUT2D eigenvalue weighted by atomic mass is 32.2. The summed E-state index contributed by atoms with van der Waals surface area (Å²) in [5, 5.41) is 0. The molecule has 28 heavy (non-hydrogen) atoms. The van der Waals surface area contributed by atoms with Gasteiger partial charge < -0.3 is 9.32 Å². The normalized spacial score (nSPS) is 19.2. The highest BCUT2D eigenvalue weighted by Crippen LogP contribution is 2.24. The molecule has 0 radical (unpaired) electrons. The lowest BCUT2D eigenvalue weighted by Crippen LogP contribution is -2.39. The second-order valence-electron chi connectivity index (χ2n) is 8.32. The lowest BCUT2D eigenvalue weighted by molar-refractivity contribution is -0.128. The van der Waals surface area contributed by atoms with Gasteiger partial charge in [-0.25, -0.2) is 8.42 Å². The van der Waals surface area contributed by atoms with Crippen molar-refractivity contribution in [2.45, 2.75) is 45.2 Å². The van der Waals surface area contributed by atoms with Gasteiger partial charge in [-0.05, 0) is 41.2 Å². The summed E-state index contributed by atoms with van der Waals surface area (Å²) in [7, 11) is -3.09. The van der Waals surface area contributed by atoms with Crippen molar-refractivity contribution in [2.24, 2.45) is 0 Å². The molecule has 0 bridgehead atoms. The Bertz CT molecular complexity index is 935. The molecule has 0 saturated carbocycles. The molecule has 1 aromatic carbocycles. The fourth-order valence-corrected chi connectivity index (χ4v) is 5.08. The van der Waals surface area contributed by atoms with Gasteiger partial charge in [0.25, 0.3) is 0 Å². The van der Waals surface area contributed by atoms with Crippen molar-refractivity contribution in [3.05, 3.63) is 65.6 Å². The molecule has 1 aromatic heterocycles. The zero-order valence-corrected chi connectivity index (χ0v) is 17.4. The first-order valence-electron chi connectivity index (χ1n) is 9.46. The topological polar surface area (TPSA) is 67.6 Å². The Morgan fingerprint density at radius 3 is 2.46 bits per heavy atom. The maximum absolute atomic E-state index is 12.9. The predicted octanol–water partition coefficient (Wildman–Crippen LogP) is 3.81. The summed E-state index contributed by atoms with van der Waals surface area (Å²) in [4.78, 5) is 14.5. The molecule has 1 atom stereocenters. The van der Waals surface area contributed by atoms with Gasteiger partial charge in [-0.1, -0.05) is 45.0 Å². The number of furan rings is 1. The van der Waals surface area contributed by atoms with Gasteiger partial charge in [0, 0.05) is 18.7 Å². The van der Waals surface area contributed by atoms with E-state index in [1.54, 1.807) is 29.4 Å². The average molecular weight is 402 g/mol. The number of carbonyl (C=O) groups excluding carboxylic acids is 1. The minimum atomic E-state index is -3.09. The van der Waals surface area contributed by atoms with Gasteiger partial charge in [0.05, 0.1) is 17.8 Å². The Hall–Kier alpha value is -2.34. The van der Waals surface area contributed by atoms with Crippen molar-refractivity contribution in [3.63, 3.8) is 0 Å². The number of benzene rings is 1. The molecule has 5 nitrogen and oxygen atoms in total. The molecule has 1 aliphatic rings. The molecule has 3 rings (SSSR count). The summed E-state index contributed by atoms with van der Waals surface area (Å²) >= 11 is 0. The maximum Gasteiger partial charge on any atom is 0.247 e. The number of rotatable bonds is 5. The first-order valence-corrected chi connectivity index (χ1v) is 11.3. The molecular weight excluding hydrogens is 374 g/mol. The number of hydrogen-bond donors (Lipinski definition) is 0. The molecule has 0 spiro atoms. The lowest BCUT2D eigenvalue weighted by atomic mass is 9.86. The van der Waals surface area contributed by atoms with E-state index in [2.05, 4.69) is 32.9 Å². The monoisotopic (exact) mass is 401 g/mol. The molecule has 2 heterocycles. The van der Waals surface area contributed by atoms with Crippen molar-refractivity contribution in [3.8, 4) is 0 Å². The lowest BCUT2D eigenvalue weighted by Gasteiger charge is -2.28. The number of sulfone groups is 1. The zero-order valence-electron chi connectivity index (χ0n) is 16.6. The molecule has 1 saturated heterocycles. The van der Waals surface area contributed by atoms with Crippen molar-refractivity contribution >= 4 is 21.8 Å². The van der Waals surface area contributed by atoms with E-state index in [0.29, 0.717) is 18.7 Å². The van der Waals surface area contributed by atoms with Crippen LogP contribution in [0.15, 0.2) is 53.2 Å². The van der Waals surface area contributed by atoms with Crippen LogP contribution in [0.2, 0.25) is 0 Å². The van der Waals surface area contributed by atoms with Crippen molar-refractivity contribution in [1.82, 2.24) is 4.90 Å². The third-order valence-corrected chi connectivity index (χ3v) is 6.79.